The van der Waals surface area contributed by atoms with Crippen LogP contribution in [0.5, 0.6) is 0 Å². The van der Waals surface area contributed by atoms with Crippen LogP contribution in [0.15, 0.2) is 66.7 Å². The van der Waals surface area contributed by atoms with Crippen LogP contribution in [-0.4, -0.2) is 23.9 Å². The number of likely N-dealkylation sites (tertiary alicyclic amines) is 1. The quantitative estimate of drug-likeness (QED) is 0.365. The summed E-state index contributed by atoms with van der Waals surface area (Å²) in [5.41, 5.74) is 3.51. The SMILES string of the molecule is N#Cc1ccc(C(=O)N2CC3CCC(c4ccc(Cl)cc4Cl)C(c4ccc(Cl)cc4)C3C2)cc1. The van der Waals surface area contributed by atoms with Gasteiger partial charge in [0, 0.05) is 33.7 Å². The van der Waals surface area contributed by atoms with Gasteiger partial charge in [0.1, 0.15) is 0 Å². The molecule has 4 unspecified atom stereocenters. The lowest BCUT2D eigenvalue weighted by Gasteiger charge is -2.40. The second kappa shape index (κ2) is 9.62. The fraction of sp³-hybridized carbons (Fsp3) is 0.286. The van der Waals surface area contributed by atoms with Crippen molar-refractivity contribution in [1.29, 1.82) is 5.26 Å². The van der Waals surface area contributed by atoms with Crippen molar-refractivity contribution in [1.82, 2.24) is 4.90 Å². The van der Waals surface area contributed by atoms with E-state index in [9.17, 15) is 4.79 Å². The van der Waals surface area contributed by atoms with E-state index < -0.39 is 0 Å². The number of halogens is 3. The number of hydrogen-bond acceptors (Lipinski definition) is 2. The molecule has 3 nitrogen and oxygen atoms in total. The summed E-state index contributed by atoms with van der Waals surface area (Å²) in [6.07, 6.45) is 2.03. The fourth-order valence-electron chi connectivity index (χ4n) is 5.83. The zero-order chi connectivity index (χ0) is 23.8. The molecule has 4 atom stereocenters. The average molecular weight is 510 g/mol. The first-order chi connectivity index (χ1) is 16.4. The summed E-state index contributed by atoms with van der Waals surface area (Å²) in [6.45, 7) is 1.44. The summed E-state index contributed by atoms with van der Waals surface area (Å²) in [5.74, 6) is 1.21. The van der Waals surface area contributed by atoms with Gasteiger partial charge in [-0.2, -0.15) is 5.26 Å². The molecule has 1 saturated heterocycles. The molecule has 1 heterocycles. The summed E-state index contributed by atoms with van der Waals surface area (Å²) in [5, 5.41) is 11.1. The predicted octanol–water partition coefficient (Wildman–Crippen LogP) is 7.57. The van der Waals surface area contributed by atoms with E-state index in [4.69, 9.17) is 40.1 Å². The molecule has 2 aliphatic rings. The molecule has 0 spiro atoms. The minimum absolute atomic E-state index is 0.0230. The standard InChI is InChI=1S/C28H23Cl3N2O/c29-21-8-5-18(6-9-21)27-24(23-12-10-22(30)13-26(23)31)11-7-20-15-33(16-25(20)27)28(34)19-3-1-17(14-32)2-4-19/h1-6,8-10,12-13,20,24-25,27H,7,11,15-16H2. The van der Waals surface area contributed by atoms with Crippen LogP contribution in [0.4, 0.5) is 0 Å². The summed E-state index contributed by atoms with van der Waals surface area (Å²) in [4.78, 5) is 15.3. The van der Waals surface area contributed by atoms with Crippen molar-refractivity contribution in [2.24, 2.45) is 11.8 Å². The minimum atomic E-state index is 0.0230. The first-order valence-corrected chi connectivity index (χ1v) is 12.6. The third-order valence-electron chi connectivity index (χ3n) is 7.40. The van der Waals surface area contributed by atoms with E-state index in [0.29, 0.717) is 44.6 Å². The van der Waals surface area contributed by atoms with Crippen molar-refractivity contribution in [3.05, 3.63) is 104 Å². The highest BCUT2D eigenvalue weighted by Crippen LogP contribution is 2.53. The second-order valence-electron chi connectivity index (χ2n) is 9.25. The Morgan fingerprint density at radius 2 is 1.59 bits per heavy atom. The summed E-state index contributed by atoms with van der Waals surface area (Å²) >= 11 is 19.1. The molecule has 0 aromatic heterocycles. The maximum atomic E-state index is 13.3. The Kier molecular flexibility index (Phi) is 6.58. The molecule has 0 bridgehead atoms. The first-order valence-electron chi connectivity index (χ1n) is 11.4. The molecule has 1 aliphatic heterocycles. The van der Waals surface area contributed by atoms with Gasteiger partial charge in [0.05, 0.1) is 11.6 Å². The fourth-order valence-corrected chi connectivity index (χ4v) is 6.51. The van der Waals surface area contributed by atoms with Gasteiger partial charge in [-0.3, -0.25) is 4.79 Å². The number of nitrogens with zero attached hydrogens (tertiary/aromatic N) is 2. The van der Waals surface area contributed by atoms with Crippen molar-refractivity contribution >= 4 is 40.7 Å². The molecule has 1 aliphatic carbocycles. The third-order valence-corrected chi connectivity index (χ3v) is 8.21. The molecule has 34 heavy (non-hydrogen) atoms. The second-order valence-corrected chi connectivity index (χ2v) is 10.5. The van der Waals surface area contributed by atoms with E-state index in [1.54, 1.807) is 24.3 Å². The van der Waals surface area contributed by atoms with Crippen LogP contribution in [0.25, 0.3) is 0 Å². The van der Waals surface area contributed by atoms with Crippen LogP contribution in [0.2, 0.25) is 15.1 Å². The topological polar surface area (TPSA) is 44.1 Å². The Morgan fingerprint density at radius 1 is 0.882 bits per heavy atom. The molecule has 0 N–H and O–H groups in total. The Morgan fingerprint density at radius 3 is 2.26 bits per heavy atom. The van der Waals surface area contributed by atoms with Crippen molar-refractivity contribution < 1.29 is 4.79 Å². The number of fused-ring (bicyclic) bond motifs is 1. The maximum Gasteiger partial charge on any atom is 0.253 e. The molecule has 6 heteroatoms. The van der Waals surface area contributed by atoms with E-state index in [0.717, 1.165) is 24.9 Å². The van der Waals surface area contributed by atoms with Crippen LogP contribution in [0.1, 0.15) is 51.7 Å². The van der Waals surface area contributed by atoms with Crippen molar-refractivity contribution in [3.8, 4) is 6.07 Å². The Labute approximate surface area is 214 Å². The maximum absolute atomic E-state index is 13.3. The summed E-state index contributed by atoms with van der Waals surface area (Å²) in [7, 11) is 0. The molecule has 3 aromatic carbocycles. The Balaban J connectivity index is 1.48. The van der Waals surface area contributed by atoms with Gasteiger partial charge in [-0.05, 0) is 96.2 Å². The molecular formula is C28H23Cl3N2O. The van der Waals surface area contributed by atoms with Crippen LogP contribution >= 0.6 is 34.8 Å². The van der Waals surface area contributed by atoms with E-state index in [2.05, 4.69) is 18.2 Å². The predicted molar refractivity (Wildman–Crippen MR) is 137 cm³/mol. The first kappa shape index (κ1) is 23.2. The summed E-state index contributed by atoms with van der Waals surface area (Å²) < 4.78 is 0. The number of carbonyl (C=O) groups excluding carboxylic acids is 1. The molecule has 0 radical (unpaired) electrons. The number of rotatable bonds is 3. The van der Waals surface area contributed by atoms with Crippen LogP contribution in [0.3, 0.4) is 0 Å². The van der Waals surface area contributed by atoms with Gasteiger partial charge in [-0.15, -0.1) is 0 Å². The van der Waals surface area contributed by atoms with Crippen molar-refractivity contribution in [3.63, 3.8) is 0 Å². The van der Waals surface area contributed by atoms with Gasteiger partial charge in [0.2, 0.25) is 0 Å². The molecule has 2 fully saturated rings. The van der Waals surface area contributed by atoms with Gasteiger partial charge >= 0.3 is 0 Å². The lowest BCUT2D eigenvalue weighted by atomic mass is 9.63. The molecule has 1 saturated carbocycles. The van der Waals surface area contributed by atoms with Gasteiger partial charge in [0.25, 0.3) is 5.91 Å². The van der Waals surface area contributed by atoms with E-state index in [1.165, 1.54) is 5.56 Å². The van der Waals surface area contributed by atoms with Gasteiger partial charge in [0.15, 0.2) is 0 Å². The lowest BCUT2D eigenvalue weighted by Crippen LogP contribution is -2.32. The van der Waals surface area contributed by atoms with E-state index in [1.807, 2.05) is 35.2 Å². The zero-order valence-electron chi connectivity index (χ0n) is 18.4. The minimum Gasteiger partial charge on any atom is -0.338 e. The Bertz CT molecular complexity index is 1250. The number of carbonyl (C=O) groups is 1. The number of nitriles is 1. The number of benzene rings is 3. The molecule has 172 valence electrons. The zero-order valence-corrected chi connectivity index (χ0v) is 20.7. The van der Waals surface area contributed by atoms with Gasteiger partial charge in [-0.25, -0.2) is 0 Å². The third kappa shape index (κ3) is 4.43. The number of hydrogen-bond donors (Lipinski definition) is 0. The van der Waals surface area contributed by atoms with Gasteiger partial charge < -0.3 is 4.90 Å². The van der Waals surface area contributed by atoms with Gasteiger partial charge in [-0.1, -0.05) is 53.0 Å². The molecule has 1 amide bonds. The monoisotopic (exact) mass is 508 g/mol. The van der Waals surface area contributed by atoms with Crippen LogP contribution < -0.4 is 0 Å². The van der Waals surface area contributed by atoms with Crippen molar-refractivity contribution in [2.45, 2.75) is 24.7 Å². The number of amides is 1. The van der Waals surface area contributed by atoms with Crippen molar-refractivity contribution in [2.75, 3.05) is 13.1 Å². The summed E-state index contributed by atoms with van der Waals surface area (Å²) in [6, 6.07) is 22.9. The molecule has 5 rings (SSSR count). The highest BCUT2D eigenvalue weighted by atomic mass is 35.5. The highest BCUT2D eigenvalue weighted by molar-refractivity contribution is 6.35. The lowest BCUT2D eigenvalue weighted by molar-refractivity contribution is 0.0783. The molecular weight excluding hydrogens is 487 g/mol. The van der Waals surface area contributed by atoms with E-state index in [-0.39, 0.29) is 17.7 Å². The van der Waals surface area contributed by atoms with Crippen LogP contribution in [0, 0.1) is 23.2 Å². The largest absolute Gasteiger partial charge is 0.338 e. The van der Waals surface area contributed by atoms with E-state index >= 15 is 0 Å². The smallest absolute Gasteiger partial charge is 0.253 e. The normalized spacial score (nSPS) is 23.9. The molecule has 3 aromatic rings. The van der Waals surface area contributed by atoms with Crippen LogP contribution in [-0.2, 0) is 0 Å². The average Bonchev–Trinajstić information content (AvgIpc) is 3.28. The highest BCUT2D eigenvalue weighted by Gasteiger charge is 2.47. The Hall–Kier alpha value is -2.51.